The summed E-state index contributed by atoms with van der Waals surface area (Å²) >= 11 is 12.4. The van der Waals surface area contributed by atoms with Gasteiger partial charge in [-0.1, -0.05) is 47.5 Å². The van der Waals surface area contributed by atoms with Crippen LogP contribution in [0.2, 0.25) is 10.0 Å². The molecule has 1 atom stereocenters. The highest BCUT2D eigenvalue weighted by molar-refractivity contribution is 7.90. The lowest BCUT2D eigenvalue weighted by molar-refractivity contribution is -0.122. The molecule has 1 aliphatic heterocycles. The van der Waals surface area contributed by atoms with E-state index in [0.29, 0.717) is 52.7 Å². The number of para-hydroxylation sites is 1. The van der Waals surface area contributed by atoms with Gasteiger partial charge in [-0.2, -0.15) is 0 Å². The molecule has 3 aromatic carbocycles. The number of halogens is 2. The Morgan fingerprint density at radius 2 is 1.80 bits per heavy atom. The number of nitrogens with one attached hydrogen (secondary N) is 3. The summed E-state index contributed by atoms with van der Waals surface area (Å²) in [5.74, 6) is -0.806. The number of carbonyl (C=O) groups is 2. The first-order valence-electron chi connectivity index (χ1n) is 14.3. The number of amides is 2. The minimum absolute atomic E-state index is 0.137. The van der Waals surface area contributed by atoms with Crippen LogP contribution >= 0.6 is 23.2 Å². The second-order valence-corrected chi connectivity index (χ2v) is 13.6. The van der Waals surface area contributed by atoms with Crippen molar-refractivity contribution in [2.24, 2.45) is 0 Å². The molecular formula is C32H34Cl2N4O5S. The lowest BCUT2D eigenvalue weighted by atomic mass is 10.1. The van der Waals surface area contributed by atoms with Crippen molar-refractivity contribution in [3.05, 3.63) is 92.6 Å². The van der Waals surface area contributed by atoms with E-state index in [4.69, 9.17) is 27.9 Å². The van der Waals surface area contributed by atoms with Crippen LogP contribution in [0.1, 0.15) is 39.2 Å². The van der Waals surface area contributed by atoms with Crippen molar-refractivity contribution in [1.29, 1.82) is 0 Å². The molecule has 12 heteroatoms. The summed E-state index contributed by atoms with van der Waals surface area (Å²) in [5, 5.41) is 4.65. The number of nitrogens with zero attached hydrogens (tertiary/aromatic N) is 1. The standard InChI is InChI=1S/C32H34Cl2N4O5S/c1-19-15-23(16-20(2)29(19)34)43-13-6-8-25-24-11-10-22(33)18-26(24)36-30(25)32(40)37-44(41,42)14-12-35-31(39)28-17-21-7-4-5-9-27(21)38(28)3/h4-5,7,9-11,15-16,18,28,36H,6,8,12-14,17H2,1-3H3,(H,35,39)(H,37,40)/t28-/m0/s1. The van der Waals surface area contributed by atoms with Crippen LogP contribution in [0, 0.1) is 13.8 Å². The van der Waals surface area contributed by atoms with Crippen LogP contribution in [0.15, 0.2) is 54.6 Å². The zero-order valence-corrected chi connectivity index (χ0v) is 27.0. The molecule has 2 heterocycles. The van der Waals surface area contributed by atoms with Crippen molar-refractivity contribution >= 4 is 61.6 Å². The summed E-state index contributed by atoms with van der Waals surface area (Å²) in [6.45, 7) is 4.07. The number of hydrogen-bond acceptors (Lipinski definition) is 6. The van der Waals surface area contributed by atoms with E-state index in [-0.39, 0.29) is 18.1 Å². The van der Waals surface area contributed by atoms with Crippen LogP contribution in [-0.4, -0.2) is 57.2 Å². The number of ether oxygens (including phenoxy) is 1. The summed E-state index contributed by atoms with van der Waals surface area (Å²) in [6.07, 6.45) is 1.55. The third-order valence-electron chi connectivity index (χ3n) is 7.82. The van der Waals surface area contributed by atoms with Crippen molar-refractivity contribution in [1.82, 2.24) is 15.0 Å². The normalized spacial score (nSPS) is 14.5. The summed E-state index contributed by atoms with van der Waals surface area (Å²) in [4.78, 5) is 31.0. The maximum absolute atomic E-state index is 13.3. The number of aryl methyl sites for hydroxylation is 3. The van der Waals surface area contributed by atoms with E-state index in [1.165, 1.54) is 0 Å². The van der Waals surface area contributed by atoms with Gasteiger partial charge in [0, 0.05) is 46.6 Å². The maximum Gasteiger partial charge on any atom is 0.281 e. The van der Waals surface area contributed by atoms with Crippen LogP contribution in [0.25, 0.3) is 10.9 Å². The number of sulfonamides is 1. The fraction of sp³-hybridized carbons (Fsp3) is 0.312. The van der Waals surface area contributed by atoms with Crippen LogP contribution in [0.5, 0.6) is 5.75 Å². The largest absolute Gasteiger partial charge is 0.494 e. The number of benzene rings is 3. The first-order chi connectivity index (χ1) is 20.9. The van der Waals surface area contributed by atoms with E-state index in [0.717, 1.165) is 27.8 Å². The van der Waals surface area contributed by atoms with E-state index in [9.17, 15) is 18.0 Å². The number of aromatic amines is 1. The summed E-state index contributed by atoms with van der Waals surface area (Å²) in [6, 6.07) is 16.3. The minimum atomic E-state index is -4.06. The predicted octanol–water partition coefficient (Wildman–Crippen LogP) is 5.34. The van der Waals surface area contributed by atoms with Gasteiger partial charge in [0.15, 0.2) is 0 Å². The Bertz CT molecular complexity index is 1820. The van der Waals surface area contributed by atoms with E-state index in [1.807, 2.05) is 62.2 Å². The van der Waals surface area contributed by atoms with Gasteiger partial charge in [0.1, 0.15) is 17.5 Å². The fourth-order valence-electron chi connectivity index (χ4n) is 5.59. The molecule has 44 heavy (non-hydrogen) atoms. The number of likely N-dealkylation sites (N-methyl/N-ethyl adjacent to an activating group) is 1. The molecule has 0 aliphatic carbocycles. The molecule has 0 fully saturated rings. The Kier molecular flexibility index (Phi) is 9.43. The van der Waals surface area contributed by atoms with Crippen molar-refractivity contribution < 1.29 is 22.7 Å². The molecule has 1 aromatic heterocycles. The van der Waals surface area contributed by atoms with Gasteiger partial charge in [0.25, 0.3) is 5.91 Å². The van der Waals surface area contributed by atoms with Gasteiger partial charge in [0.2, 0.25) is 15.9 Å². The highest BCUT2D eigenvalue weighted by atomic mass is 35.5. The number of hydrogen-bond donors (Lipinski definition) is 3. The third-order valence-corrected chi connectivity index (χ3v) is 9.89. The molecule has 0 saturated heterocycles. The predicted molar refractivity (Wildman–Crippen MR) is 175 cm³/mol. The molecule has 0 spiro atoms. The molecular weight excluding hydrogens is 623 g/mol. The molecule has 4 aromatic rings. The van der Waals surface area contributed by atoms with E-state index in [2.05, 4.69) is 15.0 Å². The van der Waals surface area contributed by atoms with Crippen molar-refractivity contribution in [3.8, 4) is 5.75 Å². The van der Waals surface area contributed by atoms with Crippen LogP contribution in [-0.2, 0) is 27.7 Å². The first kappa shape index (κ1) is 31.7. The zero-order chi connectivity index (χ0) is 31.6. The highest BCUT2D eigenvalue weighted by Crippen LogP contribution is 2.31. The van der Waals surface area contributed by atoms with E-state index in [1.54, 1.807) is 18.2 Å². The van der Waals surface area contributed by atoms with Gasteiger partial charge in [-0.15, -0.1) is 0 Å². The summed E-state index contributed by atoms with van der Waals surface area (Å²) < 4.78 is 33.8. The van der Waals surface area contributed by atoms with E-state index < -0.39 is 27.7 Å². The molecule has 3 N–H and O–H groups in total. The minimum Gasteiger partial charge on any atom is -0.494 e. The van der Waals surface area contributed by atoms with Crippen LogP contribution in [0.4, 0.5) is 5.69 Å². The van der Waals surface area contributed by atoms with Gasteiger partial charge in [-0.3, -0.25) is 9.59 Å². The van der Waals surface area contributed by atoms with Crippen LogP contribution < -0.4 is 19.7 Å². The quantitative estimate of drug-likeness (QED) is 0.188. The topological polar surface area (TPSA) is 121 Å². The Labute approximate surface area is 266 Å². The molecule has 0 unspecified atom stereocenters. The SMILES string of the molecule is Cc1cc(OCCCc2c(C(=O)NS(=O)(=O)CCNC(=O)[C@@H]3Cc4ccccc4N3C)[nH]c3cc(Cl)ccc23)cc(C)c1Cl. The van der Waals surface area contributed by atoms with Crippen LogP contribution in [0.3, 0.4) is 0 Å². The maximum atomic E-state index is 13.3. The third kappa shape index (κ3) is 6.98. The number of H-pyrrole nitrogens is 1. The van der Waals surface area contributed by atoms with Crippen molar-refractivity contribution in [2.45, 2.75) is 39.2 Å². The number of anilines is 1. The molecule has 232 valence electrons. The number of rotatable bonds is 11. The number of fused-ring (bicyclic) bond motifs is 2. The van der Waals surface area contributed by atoms with Gasteiger partial charge in [-0.25, -0.2) is 13.1 Å². The van der Waals surface area contributed by atoms with Crippen molar-refractivity contribution in [3.63, 3.8) is 0 Å². The Hall–Kier alpha value is -3.73. The molecule has 5 rings (SSSR count). The smallest absolute Gasteiger partial charge is 0.281 e. The average Bonchev–Trinajstić information content (AvgIpc) is 3.50. The number of carbonyl (C=O) groups excluding carboxylic acids is 2. The molecule has 0 saturated carbocycles. The highest BCUT2D eigenvalue weighted by Gasteiger charge is 2.31. The molecule has 1 aliphatic rings. The van der Waals surface area contributed by atoms with Gasteiger partial charge in [0.05, 0.1) is 12.4 Å². The van der Waals surface area contributed by atoms with E-state index >= 15 is 0 Å². The second kappa shape index (κ2) is 13.1. The van der Waals surface area contributed by atoms with Gasteiger partial charge in [-0.05, 0) is 79.3 Å². The monoisotopic (exact) mass is 656 g/mol. The zero-order valence-electron chi connectivity index (χ0n) is 24.7. The van der Waals surface area contributed by atoms with Gasteiger partial charge >= 0.3 is 0 Å². The lowest BCUT2D eigenvalue weighted by Gasteiger charge is -2.21. The fourth-order valence-corrected chi connectivity index (χ4v) is 6.73. The molecule has 9 nitrogen and oxygen atoms in total. The molecule has 2 amide bonds. The molecule has 0 bridgehead atoms. The summed E-state index contributed by atoms with van der Waals surface area (Å²) in [5.41, 5.74) is 5.30. The lowest BCUT2D eigenvalue weighted by Crippen LogP contribution is -2.45. The van der Waals surface area contributed by atoms with Gasteiger partial charge < -0.3 is 19.9 Å². The van der Waals surface area contributed by atoms with Crippen molar-refractivity contribution in [2.75, 3.05) is 30.9 Å². The first-order valence-corrected chi connectivity index (χ1v) is 16.7. The number of aromatic nitrogens is 1. The second-order valence-electron chi connectivity index (χ2n) is 11.0. The molecule has 0 radical (unpaired) electrons. The Balaban J connectivity index is 1.20. The summed E-state index contributed by atoms with van der Waals surface area (Å²) in [7, 11) is -2.22. The Morgan fingerprint density at radius 1 is 1.07 bits per heavy atom. The Morgan fingerprint density at radius 3 is 2.52 bits per heavy atom. The average molecular weight is 658 g/mol.